The minimum Gasteiger partial charge on any atom is -0.420 e. The van der Waals surface area contributed by atoms with Gasteiger partial charge in [-0.05, 0) is 39.8 Å². The van der Waals surface area contributed by atoms with Crippen LogP contribution in [0.1, 0.15) is 33.6 Å². The second-order valence-electron chi connectivity index (χ2n) is 5.88. The first-order chi connectivity index (χ1) is 11.7. The molecule has 0 aliphatic heterocycles. The Labute approximate surface area is 145 Å². The van der Waals surface area contributed by atoms with Crippen molar-refractivity contribution in [2.75, 3.05) is 0 Å². The molecule has 0 aliphatic carbocycles. The predicted molar refractivity (Wildman–Crippen MR) is 90.1 cm³/mol. The predicted octanol–water partition coefficient (Wildman–Crippen LogP) is 4.19. The lowest BCUT2D eigenvalue weighted by Crippen LogP contribution is -2.09. The van der Waals surface area contributed by atoms with E-state index in [0.29, 0.717) is 5.56 Å². The second-order valence-corrected chi connectivity index (χ2v) is 7.84. The SMILES string of the molecule is CC(C)OP(=O)(Cc1nnc(-c2ccc([N+](=O)[O-])cc2)o1)OC(C)C. The van der Waals surface area contributed by atoms with Crippen LogP contribution in [-0.2, 0) is 19.8 Å². The smallest absolute Gasteiger partial charge is 0.340 e. The van der Waals surface area contributed by atoms with Crippen molar-refractivity contribution >= 4 is 13.3 Å². The van der Waals surface area contributed by atoms with Gasteiger partial charge in [0.1, 0.15) is 6.16 Å². The van der Waals surface area contributed by atoms with Gasteiger partial charge in [-0.25, -0.2) is 0 Å². The molecule has 25 heavy (non-hydrogen) atoms. The molecule has 0 bridgehead atoms. The van der Waals surface area contributed by atoms with Crippen molar-refractivity contribution in [2.45, 2.75) is 46.1 Å². The zero-order valence-electron chi connectivity index (χ0n) is 14.4. The highest BCUT2D eigenvalue weighted by molar-refractivity contribution is 7.53. The number of benzene rings is 1. The van der Waals surface area contributed by atoms with E-state index >= 15 is 0 Å². The first kappa shape index (κ1) is 19.2. The molecular weight excluding hydrogens is 349 g/mol. The largest absolute Gasteiger partial charge is 0.420 e. The van der Waals surface area contributed by atoms with Crippen LogP contribution in [0.25, 0.3) is 11.5 Å². The van der Waals surface area contributed by atoms with Gasteiger partial charge in [-0.3, -0.25) is 14.7 Å². The fourth-order valence-corrected chi connectivity index (χ4v) is 4.01. The molecule has 0 unspecified atom stereocenters. The normalized spacial score (nSPS) is 12.1. The van der Waals surface area contributed by atoms with Gasteiger partial charge in [0, 0.05) is 17.7 Å². The third-order valence-corrected chi connectivity index (χ3v) is 5.01. The van der Waals surface area contributed by atoms with E-state index < -0.39 is 12.5 Å². The molecule has 2 rings (SSSR count). The number of nitrogens with zero attached hydrogens (tertiary/aromatic N) is 3. The second kappa shape index (κ2) is 7.86. The zero-order valence-corrected chi connectivity index (χ0v) is 15.3. The molecule has 0 radical (unpaired) electrons. The molecule has 0 saturated carbocycles. The number of rotatable bonds is 8. The number of non-ortho nitro benzene ring substituents is 1. The van der Waals surface area contributed by atoms with E-state index in [-0.39, 0.29) is 35.8 Å². The lowest BCUT2D eigenvalue weighted by molar-refractivity contribution is -0.384. The lowest BCUT2D eigenvalue weighted by Gasteiger charge is -2.21. The summed E-state index contributed by atoms with van der Waals surface area (Å²) in [6, 6.07) is 5.69. The quantitative estimate of drug-likeness (QED) is 0.386. The molecular formula is C15H20N3O6P. The van der Waals surface area contributed by atoms with E-state index in [0.717, 1.165) is 0 Å². The third kappa shape index (κ3) is 5.45. The Morgan fingerprint density at radius 1 is 1.12 bits per heavy atom. The molecule has 0 N–H and O–H groups in total. The molecule has 136 valence electrons. The molecule has 1 aromatic heterocycles. The summed E-state index contributed by atoms with van der Waals surface area (Å²) in [5.41, 5.74) is 0.484. The van der Waals surface area contributed by atoms with Crippen LogP contribution in [0.5, 0.6) is 0 Å². The van der Waals surface area contributed by atoms with Crippen molar-refractivity contribution in [1.29, 1.82) is 0 Å². The third-order valence-electron chi connectivity index (χ3n) is 2.86. The fraction of sp³-hybridized carbons (Fsp3) is 0.467. The van der Waals surface area contributed by atoms with Gasteiger partial charge in [0.15, 0.2) is 0 Å². The number of nitro benzene ring substituents is 1. The molecule has 0 amide bonds. The highest BCUT2D eigenvalue weighted by atomic mass is 31.2. The highest BCUT2D eigenvalue weighted by Gasteiger charge is 2.31. The lowest BCUT2D eigenvalue weighted by atomic mass is 10.2. The summed E-state index contributed by atoms with van der Waals surface area (Å²) < 4.78 is 29.2. The van der Waals surface area contributed by atoms with Crippen molar-refractivity contribution < 1.29 is 23.0 Å². The standard InChI is InChI=1S/C15H20N3O6P/c1-10(2)23-25(21,24-11(3)4)9-14-16-17-15(22-14)12-5-7-13(8-6-12)18(19)20/h5-8,10-11H,9H2,1-4H3. The first-order valence-corrected chi connectivity index (χ1v) is 9.44. The van der Waals surface area contributed by atoms with Gasteiger partial charge in [0.05, 0.1) is 17.1 Å². The van der Waals surface area contributed by atoms with Gasteiger partial charge in [-0.15, -0.1) is 10.2 Å². The Hall–Kier alpha value is -2.09. The van der Waals surface area contributed by atoms with Crippen LogP contribution in [0, 0.1) is 10.1 Å². The molecule has 0 fully saturated rings. The Morgan fingerprint density at radius 2 is 1.68 bits per heavy atom. The van der Waals surface area contributed by atoms with Gasteiger partial charge in [-0.1, -0.05) is 0 Å². The number of hydrogen-bond donors (Lipinski definition) is 0. The molecule has 0 atom stereocenters. The highest BCUT2D eigenvalue weighted by Crippen LogP contribution is 2.53. The summed E-state index contributed by atoms with van der Waals surface area (Å²) in [4.78, 5) is 10.2. The molecule has 9 nitrogen and oxygen atoms in total. The topological polar surface area (TPSA) is 118 Å². The Balaban J connectivity index is 2.18. The molecule has 1 aromatic carbocycles. The molecule has 2 aromatic rings. The van der Waals surface area contributed by atoms with E-state index in [4.69, 9.17) is 13.5 Å². The van der Waals surface area contributed by atoms with Crippen LogP contribution in [0.3, 0.4) is 0 Å². The van der Waals surface area contributed by atoms with Gasteiger partial charge < -0.3 is 13.5 Å². The minimum absolute atomic E-state index is 0.0383. The van der Waals surface area contributed by atoms with Gasteiger partial charge in [0.25, 0.3) is 5.69 Å². The molecule has 0 aliphatic rings. The van der Waals surface area contributed by atoms with Crippen molar-refractivity contribution in [1.82, 2.24) is 10.2 Å². The summed E-state index contributed by atoms with van der Waals surface area (Å²) in [5.74, 6) is 0.281. The maximum Gasteiger partial charge on any atom is 0.340 e. The Morgan fingerprint density at radius 3 is 2.16 bits per heavy atom. The van der Waals surface area contributed by atoms with Gasteiger partial charge >= 0.3 is 7.60 Å². The maximum atomic E-state index is 12.8. The van der Waals surface area contributed by atoms with E-state index in [2.05, 4.69) is 10.2 Å². The monoisotopic (exact) mass is 369 g/mol. The van der Waals surface area contributed by atoms with Crippen LogP contribution in [0.15, 0.2) is 28.7 Å². The Bertz CT molecular complexity index is 758. The summed E-state index contributed by atoms with van der Waals surface area (Å²) in [7, 11) is -3.44. The zero-order chi connectivity index (χ0) is 18.6. The maximum absolute atomic E-state index is 12.8. The minimum atomic E-state index is -3.44. The summed E-state index contributed by atoms with van der Waals surface area (Å²) in [6.07, 6.45) is -0.730. The summed E-state index contributed by atoms with van der Waals surface area (Å²) in [6.45, 7) is 7.03. The Kier molecular flexibility index (Phi) is 6.05. The average Bonchev–Trinajstić information content (AvgIpc) is 2.93. The van der Waals surface area contributed by atoms with Crippen molar-refractivity contribution in [3.05, 3.63) is 40.3 Å². The van der Waals surface area contributed by atoms with Crippen LogP contribution < -0.4 is 0 Å². The van der Waals surface area contributed by atoms with E-state index in [1.165, 1.54) is 24.3 Å². The summed E-state index contributed by atoms with van der Waals surface area (Å²) >= 11 is 0. The molecule has 1 heterocycles. The summed E-state index contributed by atoms with van der Waals surface area (Å²) in [5, 5.41) is 18.4. The van der Waals surface area contributed by atoms with Crippen molar-refractivity contribution in [3.63, 3.8) is 0 Å². The number of hydrogen-bond acceptors (Lipinski definition) is 8. The molecule has 0 saturated heterocycles. The van der Waals surface area contributed by atoms with Gasteiger partial charge in [0.2, 0.25) is 11.8 Å². The van der Waals surface area contributed by atoms with E-state index in [1.807, 2.05) is 0 Å². The van der Waals surface area contributed by atoms with Crippen LogP contribution >= 0.6 is 7.60 Å². The van der Waals surface area contributed by atoms with Gasteiger partial charge in [-0.2, -0.15) is 0 Å². The first-order valence-electron chi connectivity index (χ1n) is 7.71. The van der Waals surface area contributed by atoms with Crippen LogP contribution in [0.2, 0.25) is 0 Å². The van der Waals surface area contributed by atoms with Crippen molar-refractivity contribution in [3.8, 4) is 11.5 Å². The number of nitro groups is 1. The molecule has 0 spiro atoms. The van der Waals surface area contributed by atoms with E-state index in [1.54, 1.807) is 27.7 Å². The fourth-order valence-electron chi connectivity index (χ4n) is 2.07. The van der Waals surface area contributed by atoms with E-state index in [9.17, 15) is 14.7 Å². The molecule has 10 heteroatoms. The van der Waals surface area contributed by atoms with Crippen LogP contribution in [0.4, 0.5) is 5.69 Å². The average molecular weight is 369 g/mol. The van der Waals surface area contributed by atoms with Crippen LogP contribution in [-0.4, -0.2) is 27.3 Å². The van der Waals surface area contributed by atoms with Crippen molar-refractivity contribution in [2.24, 2.45) is 0 Å². The number of aromatic nitrogens is 2.